The molecular formula is C7H15NO2S. The minimum absolute atomic E-state index is 0.0938. The van der Waals surface area contributed by atoms with Gasteiger partial charge in [0.25, 0.3) is 0 Å². The maximum atomic E-state index is 11.0. The van der Waals surface area contributed by atoms with Crippen molar-refractivity contribution in [1.82, 2.24) is 4.72 Å². The average molecular weight is 177 g/mol. The van der Waals surface area contributed by atoms with E-state index < -0.39 is 10.0 Å². The molecule has 1 N–H and O–H groups in total. The highest BCUT2D eigenvalue weighted by Crippen LogP contribution is 2.29. The van der Waals surface area contributed by atoms with Gasteiger partial charge < -0.3 is 0 Å². The number of hydrogen-bond donors (Lipinski definition) is 1. The van der Waals surface area contributed by atoms with Crippen molar-refractivity contribution in [2.24, 2.45) is 11.3 Å². The second kappa shape index (κ2) is 2.45. The Morgan fingerprint density at radius 3 is 2.09 bits per heavy atom. The smallest absolute Gasteiger partial charge is 0.211 e. The van der Waals surface area contributed by atoms with Crippen molar-refractivity contribution in [1.29, 1.82) is 0 Å². The van der Waals surface area contributed by atoms with Gasteiger partial charge in [0.05, 0.1) is 5.75 Å². The lowest BCUT2D eigenvalue weighted by Gasteiger charge is -2.24. The highest BCUT2D eigenvalue weighted by molar-refractivity contribution is 7.89. The molecule has 4 heteroatoms. The van der Waals surface area contributed by atoms with E-state index in [-0.39, 0.29) is 17.1 Å². The first kappa shape index (κ1) is 9.00. The van der Waals surface area contributed by atoms with Crippen molar-refractivity contribution in [3.63, 3.8) is 0 Å². The van der Waals surface area contributed by atoms with Gasteiger partial charge in [-0.15, -0.1) is 0 Å². The summed E-state index contributed by atoms with van der Waals surface area (Å²) in [6.45, 7) is 6.81. The van der Waals surface area contributed by atoms with Gasteiger partial charge in [0.1, 0.15) is 0 Å². The Balaban J connectivity index is 2.70. The summed E-state index contributed by atoms with van der Waals surface area (Å²) in [5.74, 6) is 0.545. The molecule has 0 aliphatic carbocycles. The third-order valence-electron chi connectivity index (χ3n) is 2.19. The largest absolute Gasteiger partial charge is 0.215 e. The normalized spacial score (nSPS) is 30.6. The van der Waals surface area contributed by atoms with Gasteiger partial charge in [-0.2, -0.15) is 0 Å². The first-order chi connectivity index (χ1) is 4.81. The van der Waals surface area contributed by atoms with Crippen LogP contribution in [0.1, 0.15) is 20.8 Å². The topological polar surface area (TPSA) is 46.2 Å². The Morgan fingerprint density at radius 2 is 1.91 bits per heavy atom. The highest BCUT2D eigenvalue weighted by atomic mass is 32.2. The lowest BCUT2D eigenvalue weighted by atomic mass is 9.82. The quantitative estimate of drug-likeness (QED) is 0.588. The monoisotopic (exact) mass is 177 g/mol. The molecule has 0 aromatic heterocycles. The van der Waals surface area contributed by atoms with Gasteiger partial charge in [-0.1, -0.05) is 20.8 Å². The van der Waals surface area contributed by atoms with E-state index in [2.05, 4.69) is 25.5 Å². The second-order valence-electron chi connectivity index (χ2n) is 4.19. The molecule has 0 saturated carbocycles. The first-order valence-corrected chi connectivity index (χ1v) is 5.44. The van der Waals surface area contributed by atoms with Gasteiger partial charge in [0, 0.05) is 6.54 Å². The predicted molar refractivity (Wildman–Crippen MR) is 44.7 cm³/mol. The molecule has 3 nitrogen and oxygen atoms in total. The lowest BCUT2D eigenvalue weighted by Crippen LogP contribution is -2.24. The number of nitrogens with one attached hydrogen (secondary N) is 1. The van der Waals surface area contributed by atoms with E-state index in [1.165, 1.54) is 0 Å². The number of rotatable bonds is 0. The molecular weight excluding hydrogens is 162 g/mol. The molecule has 0 amide bonds. The van der Waals surface area contributed by atoms with Crippen molar-refractivity contribution in [3.05, 3.63) is 0 Å². The van der Waals surface area contributed by atoms with Crippen molar-refractivity contribution in [3.8, 4) is 0 Å². The standard InChI is InChI=1S/C7H15NO2S/c1-7(2,3)6-4-8-11(9,10)5-6/h6,8H,4-5H2,1-3H3. The number of hydrogen-bond acceptors (Lipinski definition) is 2. The molecule has 1 unspecified atom stereocenters. The first-order valence-electron chi connectivity index (χ1n) is 3.78. The third kappa shape index (κ3) is 2.17. The third-order valence-corrected chi connectivity index (χ3v) is 3.64. The summed E-state index contributed by atoms with van der Waals surface area (Å²) in [6.07, 6.45) is 0. The maximum Gasteiger partial charge on any atom is 0.211 e. The molecule has 0 spiro atoms. The lowest BCUT2D eigenvalue weighted by molar-refractivity contribution is 0.278. The molecule has 11 heavy (non-hydrogen) atoms. The highest BCUT2D eigenvalue weighted by Gasteiger charge is 2.35. The van der Waals surface area contributed by atoms with Gasteiger partial charge in [0.2, 0.25) is 10.0 Å². The molecule has 0 aromatic carbocycles. The van der Waals surface area contributed by atoms with Crippen LogP contribution in [0.15, 0.2) is 0 Å². The fourth-order valence-electron chi connectivity index (χ4n) is 1.17. The molecule has 1 atom stereocenters. The zero-order valence-corrected chi connectivity index (χ0v) is 8.03. The maximum absolute atomic E-state index is 11.0. The van der Waals surface area contributed by atoms with E-state index in [0.717, 1.165) is 0 Å². The second-order valence-corrected chi connectivity index (χ2v) is 6.04. The zero-order valence-electron chi connectivity index (χ0n) is 7.22. The molecule has 1 heterocycles. The van der Waals surface area contributed by atoms with Gasteiger partial charge in [-0.3, -0.25) is 0 Å². The fourth-order valence-corrected chi connectivity index (χ4v) is 2.89. The van der Waals surface area contributed by atoms with E-state index in [9.17, 15) is 8.42 Å². The Hall–Kier alpha value is -0.0900. The summed E-state index contributed by atoms with van der Waals surface area (Å²) >= 11 is 0. The van der Waals surface area contributed by atoms with Crippen molar-refractivity contribution in [2.45, 2.75) is 20.8 Å². The van der Waals surface area contributed by atoms with Gasteiger partial charge >= 0.3 is 0 Å². The fraction of sp³-hybridized carbons (Fsp3) is 1.00. The molecule has 0 radical (unpaired) electrons. The van der Waals surface area contributed by atoms with Crippen molar-refractivity contribution >= 4 is 10.0 Å². The van der Waals surface area contributed by atoms with E-state index in [1.54, 1.807) is 0 Å². The van der Waals surface area contributed by atoms with E-state index in [1.807, 2.05) is 0 Å². The van der Waals surface area contributed by atoms with E-state index >= 15 is 0 Å². The van der Waals surface area contributed by atoms with Crippen LogP contribution in [0.4, 0.5) is 0 Å². The van der Waals surface area contributed by atoms with E-state index in [0.29, 0.717) is 6.54 Å². The van der Waals surface area contributed by atoms with Gasteiger partial charge in [-0.25, -0.2) is 13.1 Å². The van der Waals surface area contributed by atoms with Crippen LogP contribution in [0.25, 0.3) is 0 Å². The Labute approximate surface area is 68.2 Å². The van der Waals surface area contributed by atoms with Crippen LogP contribution in [0.2, 0.25) is 0 Å². The van der Waals surface area contributed by atoms with Crippen molar-refractivity contribution in [2.75, 3.05) is 12.3 Å². The van der Waals surface area contributed by atoms with Crippen LogP contribution < -0.4 is 4.72 Å². The molecule has 66 valence electrons. The summed E-state index contributed by atoms with van der Waals surface area (Å²) in [5.41, 5.74) is 0.0938. The Bertz CT molecular complexity index is 238. The van der Waals surface area contributed by atoms with Crippen LogP contribution in [0, 0.1) is 11.3 Å². The molecule has 1 rings (SSSR count). The summed E-state index contributed by atoms with van der Waals surface area (Å²) in [5, 5.41) is 0. The molecule has 1 aliphatic heterocycles. The number of sulfonamides is 1. The zero-order chi connectivity index (χ0) is 8.70. The SMILES string of the molecule is CC(C)(C)C1CNS(=O)(=O)C1. The van der Waals surface area contributed by atoms with Crippen LogP contribution in [0.5, 0.6) is 0 Å². The molecule has 0 bridgehead atoms. The molecule has 0 aromatic rings. The van der Waals surface area contributed by atoms with Crippen molar-refractivity contribution < 1.29 is 8.42 Å². The molecule has 1 saturated heterocycles. The van der Waals surface area contributed by atoms with E-state index in [4.69, 9.17) is 0 Å². The Morgan fingerprint density at radius 1 is 1.36 bits per heavy atom. The minimum Gasteiger partial charge on any atom is -0.215 e. The van der Waals surface area contributed by atoms with Crippen LogP contribution in [-0.4, -0.2) is 20.7 Å². The van der Waals surface area contributed by atoms with Crippen LogP contribution in [-0.2, 0) is 10.0 Å². The van der Waals surface area contributed by atoms with Crippen LogP contribution >= 0.6 is 0 Å². The summed E-state index contributed by atoms with van der Waals surface area (Å²) < 4.78 is 24.5. The van der Waals surface area contributed by atoms with Gasteiger partial charge in [0.15, 0.2) is 0 Å². The summed E-state index contributed by atoms with van der Waals surface area (Å²) in [4.78, 5) is 0. The molecule has 1 aliphatic rings. The predicted octanol–water partition coefficient (Wildman–Crippen LogP) is 0.582. The molecule has 1 fully saturated rings. The van der Waals surface area contributed by atoms with Gasteiger partial charge in [-0.05, 0) is 11.3 Å². The average Bonchev–Trinajstić information content (AvgIpc) is 2.07. The Kier molecular flexibility index (Phi) is 2.01. The summed E-state index contributed by atoms with van der Waals surface area (Å²) in [7, 11) is -2.93. The summed E-state index contributed by atoms with van der Waals surface area (Å²) in [6, 6.07) is 0. The minimum atomic E-state index is -2.93. The van der Waals surface area contributed by atoms with Crippen LogP contribution in [0.3, 0.4) is 0 Å².